The van der Waals surface area contributed by atoms with E-state index < -0.39 is 0 Å². The average molecular weight is 228 g/mol. The molecule has 2 N–H and O–H groups in total. The third-order valence-electron chi connectivity index (χ3n) is 2.50. The van der Waals surface area contributed by atoms with Crippen molar-refractivity contribution in [2.24, 2.45) is 5.73 Å². The summed E-state index contributed by atoms with van der Waals surface area (Å²) < 4.78 is 0. The monoisotopic (exact) mass is 228 g/mol. The van der Waals surface area contributed by atoms with E-state index in [0.717, 1.165) is 6.42 Å². The molecule has 0 amide bonds. The fourth-order valence-corrected chi connectivity index (χ4v) is 4.21. The van der Waals surface area contributed by atoms with Gasteiger partial charge in [-0.1, -0.05) is 0 Å². The first-order valence-electron chi connectivity index (χ1n) is 5.09. The van der Waals surface area contributed by atoms with Crippen LogP contribution in [0.5, 0.6) is 0 Å². The van der Waals surface area contributed by atoms with Crippen LogP contribution in [0.3, 0.4) is 0 Å². The molecule has 0 bridgehead atoms. The van der Waals surface area contributed by atoms with E-state index in [-0.39, 0.29) is 0 Å². The summed E-state index contributed by atoms with van der Waals surface area (Å²) in [6.45, 7) is 2.87. The van der Waals surface area contributed by atoms with Crippen LogP contribution in [-0.2, 0) is 6.42 Å². The molecule has 1 atom stereocenters. The van der Waals surface area contributed by atoms with Crippen molar-refractivity contribution in [2.45, 2.75) is 31.4 Å². The van der Waals surface area contributed by atoms with Gasteiger partial charge in [0.1, 0.15) is 5.01 Å². The van der Waals surface area contributed by atoms with Crippen molar-refractivity contribution < 1.29 is 0 Å². The first-order chi connectivity index (χ1) is 6.81. The summed E-state index contributed by atoms with van der Waals surface area (Å²) in [7, 11) is 0. The lowest BCUT2D eigenvalue weighted by molar-refractivity contribution is 0.813. The molecule has 1 aliphatic rings. The molecule has 0 spiro atoms. The molecule has 4 heteroatoms. The lowest BCUT2D eigenvalue weighted by Crippen LogP contribution is -2.04. The van der Waals surface area contributed by atoms with Crippen molar-refractivity contribution in [3.8, 4) is 0 Å². The van der Waals surface area contributed by atoms with E-state index >= 15 is 0 Å². The molecule has 78 valence electrons. The molecular formula is C10H16N2S2. The fourth-order valence-electron chi connectivity index (χ4n) is 1.73. The van der Waals surface area contributed by atoms with E-state index in [1.165, 1.54) is 34.2 Å². The van der Waals surface area contributed by atoms with Crippen LogP contribution >= 0.6 is 23.1 Å². The summed E-state index contributed by atoms with van der Waals surface area (Å²) in [6.07, 6.45) is 3.58. The SMILES string of the molecule is Cc1sc(C2CCCS2)nc1CCN. The van der Waals surface area contributed by atoms with Crippen molar-refractivity contribution in [1.29, 1.82) is 0 Å². The minimum absolute atomic E-state index is 0.672. The van der Waals surface area contributed by atoms with Crippen LogP contribution in [0.1, 0.15) is 33.7 Å². The predicted octanol–water partition coefficient (Wildman–Crippen LogP) is 2.52. The van der Waals surface area contributed by atoms with Gasteiger partial charge in [0.15, 0.2) is 0 Å². The van der Waals surface area contributed by atoms with E-state index in [2.05, 4.69) is 18.7 Å². The Kier molecular flexibility index (Phi) is 3.47. The molecule has 1 saturated heterocycles. The highest BCUT2D eigenvalue weighted by molar-refractivity contribution is 7.99. The number of thiazole rings is 1. The van der Waals surface area contributed by atoms with Crippen LogP contribution in [0, 0.1) is 6.92 Å². The van der Waals surface area contributed by atoms with Crippen LogP contribution in [0.2, 0.25) is 0 Å². The van der Waals surface area contributed by atoms with Crippen LogP contribution in [-0.4, -0.2) is 17.3 Å². The smallest absolute Gasteiger partial charge is 0.106 e. The summed E-state index contributed by atoms with van der Waals surface area (Å²) >= 11 is 3.92. The van der Waals surface area contributed by atoms with E-state index in [9.17, 15) is 0 Å². The zero-order chi connectivity index (χ0) is 9.97. The second-order valence-corrected chi connectivity index (χ2v) is 6.14. The standard InChI is InChI=1S/C10H16N2S2/c1-7-8(4-5-11)12-10(14-7)9-3-2-6-13-9/h9H,2-6,11H2,1H3. The highest BCUT2D eigenvalue weighted by atomic mass is 32.2. The Morgan fingerprint density at radius 2 is 2.43 bits per heavy atom. The van der Waals surface area contributed by atoms with Gasteiger partial charge >= 0.3 is 0 Å². The molecule has 14 heavy (non-hydrogen) atoms. The Balaban J connectivity index is 2.14. The van der Waals surface area contributed by atoms with Gasteiger partial charge in [-0.3, -0.25) is 0 Å². The number of rotatable bonds is 3. The first kappa shape index (κ1) is 10.5. The number of nitrogens with zero attached hydrogens (tertiary/aromatic N) is 1. The van der Waals surface area contributed by atoms with Gasteiger partial charge in [-0.2, -0.15) is 11.8 Å². The van der Waals surface area contributed by atoms with Crippen molar-refractivity contribution >= 4 is 23.1 Å². The molecule has 0 saturated carbocycles. The van der Waals surface area contributed by atoms with E-state index in [0.29, 0.717) is 11.8 Å². The maximum absolute atomic E-state index is 5.55. The molecule has 2 heterocycles. The highest BCUT2D eigenvalue weighted by Gasteiger charge is 2.21. The molecule has 1 fully saturated rings. The van der Waals surface area contributed by atoms with E-state index in [1.807, 2.05) is 11.3 Å². The average Bonchev–Trinajstić information content (AvgIpc) is 2.76. The molecule has 2 rings (SSSR count). The second kappa shape index (κ2) is 4.64. The third-order valence-corrected chi connectivity index (χ3v) is 5.16. The van der Waals surface area contributed by atoms with Gasteiger partial charge in [-0.15, -0.1) is 11.3 Å². The Morgan fingerprint density at radius 1 is 1.57 bits per heavy atom. The van der Waals surface area contributed by atoms with Crippen LogP contribution in [0.25, 0.3) is 0 Å². The van der Waals surface area contributed by atoms with Gasteiger partial charge in [-0.25, -0.2) is 4.98 Å². The minimum atomic E-state index is 0.672. The maximum Gasteiger partial charge on any atom is 0.106 e. The number of aromatic nitrogens is 1. The molecule has 1 aromatic heterocycles. The molecule has 0 aromatic carbocycles. The molecule has 1 aromatic rings. The summed E-state index contributed by atoms with van der Waals surface area (Å²) in [5.41, 5.74) is 6.77. The number of thioether (sulfide) groups is 1. The summed E-state index contributed by atoms with van der Waals surface area (Å²) in [6, 6.07) is 0. The zero-order valence-electron chi connectivity index (χ0n) is 8.45. The van der Waals surface area contributed by atoms with Gasteiger partial charge in [-0.05, 0) is 32.1 Å². The fraction of sp³-hybridized carbons (Fsp3) is 0.700. The van der Waals surface area contributed by atoms with Crippen LogP contribution in [0.15, 0.2) is 0 Å². The van der Waals surface area contributed by atoms with Crippen LogP contribution < -0.4 is 5.73 Å². The number of hydrogen-bond acceptors (Lipinski definition) is 4. The van der Waals surface area contributed by atoms with Gasteiger partial charge in [0.05, 0.1) is 10.9 Å². The Labute approximate surface area is 93.3 Å². The van der Waals surface area contributed by atoms with Crippen molar-refractivity contribution in [2.75, 3.05) is 12.3 Å². The quantitative estimate of drug-likeness (QED) is 0.864. The molecule has 1 aliphatic heterocycles. The maximum atomic E-state index is 5.55. The summed E-state index contributed by atoms with van der Waals surface area (Å²) in [5, 5.41) is 2.00. The number of nitrogens with two attached hydrogens (primary N) is 1. The largest absolute Gasteiger partial charge is 0.330 e. The van der Waals surface area contributed by atoms with Crippen LogP contribution in [0.4, 0.5) is 0 Å². The molecule has 0 aliphatic carbocycles. The van der Waals surface area contributed by atoms with Gasteiger partial charge in [0.25, 0.3) is 0 Å². The Hall–Kier alpha value is -0.0600. The number of hydrogen-bond donors (Lipinski definition) is 1. The molecular weight excluding hydrogens is 212 g/mol. The summed E-state index contributed by atoms with van der Waals surface area (Å²) in [4.78, 5) is 6.06. The second-order valence-electron chi connectivity index (χ2n) is 3.60. The number of aryl methyl sites for hydroxylation is 1. The molecule has 1 unspecified atom stereocenters. The minimum Gasteiger partial charge on any atom is -0.330 e. The topological polar surface area (TPSA) is 38.9 Å². The predicted molar refractivity (Wildman–Crippen MR) is 64.0 cm³/mol. The molecule has 2 nitrogen and oxygen atoms in total. The van der Waals surface area contributed by atoms with Gasteiger partial charge in [0, 0.05) is 11.3 Å². The normalized spacial score (nSPS) is 21.7. The van der Waals surface area contributed by atoms with Crippen molar-refractivity contribution in [1.82, 2.24) is 4.98 Å². The van der Waals surface area contributed by atoms with E-state index in [4.69, 9.17) is 10.7 Å². The lowest BCUT2D eigenvalue weighted by Gasteiger charge is -2.01. The Bertz CT molecular complexity index is 303. The van der Waals surface area contributed by atoms with Gasteiger partial charge < -0.3 is 5.73 Å². The highest BCUT2D eigenvalue weighted by Crippen LogP contribution is 2.41. The van der Waals surface area contributed by atoms with E-state index in [1.54, 1.807) is 0 Å². The molecule has 0 radical (unpaired) electrons. The van der Waals surface area contributed by atoms with Crippen molar-refractivity contribution in [3.05, 3.63) is 15.6 Å². The Morgan fingerprint density at radius 3 is 3.07 bits per heavy atom. The summed E-state index contributed by atoms with van der Waals surface area (Å²) in [5.74, 6) is 1.30. The van der Waals surface area contributed by atoms with Gasteiger partial charge in [0.2, 0.25) is 0 Å². The lowest BCUT2D eigenvalue weighted by atomic mass is 10.2. The zero-order valence-corrected chi connectivity index (χ0v) is 10.1. The first-order valence-corrected chi connectivity index (χ1v) is 6.95. The third kappa shape index (κ3) is 2.12. The van der Waals surface area contributed by atoms with Crippen molar-refractivity contribution in [3.63, 3.8) is 0 Å².